The number of hydrogen-bond donors (Lipinski definition) is 1. The van der Waals surface area contributed by atoms with Crippen LogP contribution < -0.4 is 5.32 Å². The van der Waals surface area contributed by atoms with E-state index in [1.807, 2.05) is 30.3 Å². The van der Waals surface area contributed by atoms with Crippen LogP contribution >= 0.6 is 15.9 Å². The Kier molecular flexibility index (Phi) is 4.95. The lowest BCUT2D eigenvalue weighted by Crippen LogP contribution is -2.29. The predicted molar refractivity (Wildman–Crippen MR) is 95.3 cm³/mol. The number of nitrogens with one attached hydrogen (secondary N) is 1. The molecule has 0 aliphatic heterocycles. The topological polar surface area (TPSA) is 85.4 Å². The number of carbonyl (C=O) groups excluding carboxylic acids is 1. The van der Waals surface area contributed by atoms with Gasteiger partial charge in [0, 0.05) is 11.6 Å². The number of carbonyl (C=O) groups is 1. The number of rotatable bonds is 5. The van der Waals surface area contributed by atoms with E-state index < -0.39 is 16.9 Å². The third-order valence-corrected chi connectivity index (χ3v) is 4.31. The van der Waals surface area contributed by atoms with Crippen LogP contribution in [0.1, 0.15) is 27.7 Å². The number of nitrogens with zero attached hydrogens (tertiary/aromatic N) is 1. The van der Waals surface area contributed by atoms with Gasteiger partial charge in [0.25, 0.3) is 11.6 Å². The molecule has 0 aliphatic rings. The molecule has 1 amide bonds. The molecule has 6 nitrogen and oxygen atoms in total. The van der Waals surface area contributed by atoms with E-state index >= 15 is 0 Å². The summed E-state index contributed by atoms with van der Waals surface area (Å²) in [5.74, 6) is 0.145. The van der Waals surface area contributed by atoms with Gasteiger partial charge in [0.1, 0.15) is 11.8 Å². The lowest BCUT2D eigenvalue weighted by Gasteiger charge is -2.17. The molecule has 2 aromatic carbocycles. The minimum Gasteiger partial charge on any atom is -0.467 e. The van der Waals surface area contributed by atoms with Crippen molar-refractivity contribution < 1.29 is 14.1 Å². The van der Waals surface area contributed by atoms with Crippen molar-refractivity contribution in [3.63, 3.8) is 0 Å². The van der Waals surface area contributed by atoms with Gasteiger partial charge in [0.05, 0.1) is 15.7 Å². The van der Waals surface area contributed by atoms with Crippen LogP contribution in [-0.4, -0.2) is 10.8 Å². The average Bonchev–Trinajstić information content (AvgIpc) is 3.14. The normalized spacial score (nSPS) is 11.7. The Morgan fingerprint density at radius 2 is 1.88 bits per heavy atom. The lowest BCUT2D eigenvalue weighted by molar-refractivity contribution is -0.385. The van der Waals surface area contributed by atoms with Gasteiger partial charge in [-0.2, -0.15) is 0 Å². The van der Waals surface area contributed by atoms with Crippen molar-refractivity contribution in [2.24, 2.45) is 0 Å². The maximum absolute atomic E-state index is 12.6. The summed E-state index contributed by atoms with van der Waals surface area (Å²) in [5, 5.41) is 13.9. The van der Waals surface area contributed by atoms with E-state index in [-0.39, 0.29) is 11.3 Å². The molecule has 3 aromatic rings. The van der Waals surface area contributed by atoms with Gasteiger partial charge in [0.15, 0.2) is 0 Å². The SMILES string of the molecule is O=C(NC(c1ccccc1)c1ccco1)c1ccc(Br)c([N+](=O)[O-])c1. The van der Waals surface area contributed by atoms with Gasteiger partial charge in [-0.3, -0.25) is 14.9 Å². The van der Waals surface area contributed by atoms with Gasteiger partial charge in [-0.15, -0.1) is 0 Å². The van der Waals surface area contributed by atoms with E-state index in [1.165, 1.54) is 24.5 Å². The second-order valence-corrected chi connectivity index (χ2v) is 6.11. The summed E-state index contributed by atoms with van der Waals surface area (Å²) >= 11 is 3.11. The highest BCUT2D eigenvalue weighted by Gasteiger charge is 2.22. The number of hydrogen-bond acceptors (Lipinski definition) is 4. The van der Waals surface area contributed by atoms with Crippen LogP contribution in [0.15, 0.2) is 75.8 Å². The monoisotopic (exact) mass is 400 g/mol. The van der Waals surface area contributed by atoms with Crippen molar-refractivity contribution in [1.29, 1.82) is 0 Å². The molecule has 0 saturated carbocycles. The zero-order valence-corrected chi connectivity index (χ0v) is 14.5. The summed E-state index contributed by atoms with van der Waals surface area (Å²) in [6.45, 7) is 0. The molecule has 126 valence electrons. The van der Waals surface area contributed by atoms with Gasteiger partial charge in [-0.25, -0.2) is 0 Å². The van der Waals surface area contributed by atoms with Crippen LogP contribution in [0.2, 0.25) is 0 Å². The van der Waals surface area contributed by atoms with Crippen molar-refractivity contribution in [2.75, 3.05) is 0 Å². The fraction of sp³-hybridized carbons (Fsp3) is 0.0556. The summed E-state index contributed by atoms with van der Waals surface area (Å²) in [4.78, 5) is 23.1. The molecule has 25 heavy (non-hydrogen) atoms. The first-order valence-corrected chi connectivity index (χ1v) is 8.18. The van der Waals surface area contributed by atoms with E-state index in [2.05, 4.69) is 21.2 Å². The highest BCUT2D eigenvalue weighted by Crippen LogP contribution is 2.27. The number of benzene rings is 2. The van der Waals surface area contributed by atoms with Gasteiger partial charge in [-0.1, -0.05) is 30.3 Å². The Morgan fingerprint density at radius 1 is 1.12 bits per heavy atom. The molecule has 0 radical (unpaired) electrons. The molecule has 0 fully saturated rings. The van der Waals surface area contributed by atoms with Gasteiger partial charge in [0.2, 0.25) is 0 Å². The van der Waals surface area contributed by atoms with Crippen molar-refractivity contribution in [2.45, 2.75) is 6.04 Å². The van der Waals surface area contributed by atoms with E-state index in [0.29, 0.717) is 10.2 Å². The molecular weight excluding hydrogens is 388 g/mol. The summed E-state index contributed by atoms with van der Waals surface area (Å²) in [5.41, 5.74) is 0.877. The molecule has 7 heteroatoms. The molecule has 0 bridgehead atoms. The van der Waals surface area contributed by atoms with Gasteiger partial charge >= 0.3 is 0 Å². The first-order chi connectivity index (χ1) is 12.1. The standard InChI is InChI=1S/C18H13BrN2O4/c19-14-9-8-13(11-15(14)21(23)24)18(22)20-17(16-7-4-10-25-16)12-5-2-1-3-6-12/h1-11,17H,(H,20,22). The Labute approximate surface area is 151 Å². The number of furan rings is 1. The second kappa shape index (κ2) is 7.31. The van der Waals surface area contributed by atoms with Crippen LogP contribution in [-0.2, 0) is 0 Å². The molecule has 1 N–H and O–H groups in total. The van der Waals surface area contributed by atoms with Crippen LogP contribution in [0.3, 0.4) is 0 Å². The third-order valence-electron chi connectivity index (χ3n) is 3.64. The summed E-state index contributed by atoms with van der Waals surface area (Å²) in [6, 6.07) is 16.6. The predicted octanol–water partition coefficient (Wildman–Crippen LogP) is 4.47. The molecule has 1 heterocycles. The van der Waals surface area contributed by atoms with E-state index in [1.54, 1.807) is 12.1 Å². The summed E-state index contributed by atoms with van der Waals surface area (Å²) < 4.78 is 5.76. The molecule has 1 unspecified atom stereocenters. The minimum atomic E-state index is -0.540. The van der Waals surface area contributed by atoms with Crippen molar-refractivity contribution in [3.05, 3.63) is 98.4 Å². The van der Waals surface area contributed by atoms with Crippen LogP contribution in [0, 0.1) is 10.1 Å². The lowest BCUT2D eigenvalue weighted by atomic mass is 10.0. The highest BCUT2D eigenvalue weighted by molar-refractivity contribution is 9.10. The van der Waals surface area contributed by atoms with Crippen LogP contribution in [0.4, 0.5) is 5.69 Å². The smallest absolute Gasteiger partial charge is 0.284 e. The minimum absolute atomic E-state index is 0.165. The summed E-state index contributed by atoms with van der Waals surface area (Å²) in [7, 11) is 0. The fourth-order valence-electron chi connectivity index (χ4n) is 2.43. The maximum Gasteiger partial charge on any atom is 0.284 e. The first-order valence-electron chi connectivity index (χ1n) is 7.39. The molecule has 1 aromatic heterocycles. The number of amides is 1. The fourth-order valence-corrected chi connectivity index (χ4v) is 2.82. The average molecular weight is 401 g/mol. The van der Waals surface area contributed by atoms with Crippen molar-refractivity contribution in [1.82, 2.24) is 5.32 Å². The second-order valence-electron chi connectivity index (χ2n) is 5.26. The van der Waals surface area contributed by atoms with Gasteiger partial charge < -0.3 is 9.73 Å². The number of halogens is 1. The molecule has 0 aliphatic carbocycles. The van der Waals surface area contributed by atoms with Crippen LogP contribution in [0.5, 0.6) is 0 Å². The third kappa shape index (κ3) is 3.77. The highest BCUT2D eigenvalue weighted by atomic mass is 79.9. The zero-order valence-electron chi connectivity index (χ0n) is 12.9. The Balaban J connectivity index is 1.91. The molecule has 1 atom stereocenters. The Bertz CT molecular complexity index is 895. The Morgan fingerprint density at radius 3 is 2.52 bits per heavy atom. The largest absolute Gasteiger partial charge is 0.467 e. The summed E-state index contributed by atoms with van der Waals surface area (Å²) in [6.07, 6.45) is 1.53. The van der Waals surface area contributed by atoms with Crippen molar-refractivity contribution >= 4 is 27.5 Å². The zero-order chi connectivity index (χ0) is 17.8. The number of nitro benzene ring substituents is 1. The molecule has 0 saturated heterocycles. The van der Waals surface area contributed by atoms with E-state index in [0.717, 1.165) is 5.56 Å². The first kappa shape index (κ1) is 16.9. The van der Waals surface area contributed by atoms with Gasteiger partial charge in [-0.05, 0) is 45.8 Å². The molecule has 0 spiro atoms. The maximum atomic E-state index is 12.6. The van der Waals surface area contributed by atoms with E-state index in [4.69, 9.17) is 4.42 Å². The number of nitro groups is 1. The van der Waals surface area contributed by atoms with Crippen molar-refractivity contribution in [3.8, 4) is 0 Å². The quantitative estimate of drug-likeness (QED) is 0.505. The molecular formula is C18H13BrN2O4. The Hall–Kier alpha value is -2.93. The molecule has 3 rings (SSSR count). The van der Waals surface area contributed by atoms with Crippen LogP contribution in [0.25, 0.3) is 0 Å². The van der Waals surface area contributed by atoms with E-state index in [9.17, 15) is 14.9 Å².